The van der Waals surface area contributed by atoms with Gasteiger partial charge in [-0.3, -0.25) is 0 Å². The number of benzene rings is 2. The maximum absolute atomic E-state index is 13.5. The Hall–Kier alpha value is -1.03. The summed E-state index contributed by atoms with van der Waals surface area (Å²) < 4.78 is 13.5. The monoisotopic (exact) mass is 307 g/mol. The first-order chi connectivity index (χ1) is 9.69. The summed E-state index contributed by atoms with van der Waals surface area (Å²) in [5.74, 6) is -0.245. The SMILES string of the molecule is CNC(c1cc(F)ccc1Cl)C1Cc2ccccc2S1. The minimum Gasteiger partial charge on any atom is -0.312 e. The number of nitrogens with one attached hydrogen (secondary N) is 1. The Morgan fingerprint density at radius 3 is 2.85 bits per heavy atom. The van der Waals surface area contributed by atoms with Gasteiger partial charge in [-0.2, -0.15) is 0 Å². The van der Waals surface area contributed by atoms with Crippen LogP contribution in [0.25, 0.3) is 0 Å². The largest absolute Gasteiger partial charge is 0.312 e. The van der Waals surface area contributed by atoms with Gasteiger partial charge in [0.25, 0.3) is 0 Å². The van der Waals surface area contributed by atoms with E-state index >= 15 is 0 Å². The molecule has 0 aromatic heterocycles. The molecule has 0 radical (unpaired) electrons. The van der Waals surface area contributed by atoms with Crippen molar-refractivity contribution in [2.24, 2.45) is 0 Å². The van der Waals surface area contributed by atoms with E-state index < -0.39 is 0 Å². The molecule has 2 unspecified atom stereocenters. The molecule has 1 aliphatic rings. The highest BCUT2D eigenvalue weighted by molar-refractivity contribution is 8.00. The summed E-state index contributed by atoms with van der Waals surface area (Å²) in [4.78, 5) is 1.31. The third-order valence-electron chi connectivity index (χ3n) is 3.65. The van der Waals surface area contributed by atoms with Crippen LogP contribution in [-0.2, 0) is 6.42 Å². The minimum absolute atomic E-state index is 0.0376. The van der Waals surface area contributed by atoms with Gasteiger partial charge in [-0.1, -0.05) is 29.8 Å². The van der Waals surface area contributed by atoms with E-state index in [4.69, 9.17) is 11.6 Å². The van der Waals surface area contributed by atoms with Crippen molar-refractivity contribution in [1.29, 1.82) is 0 Å². The fourth-order valence-corrected chi connectivity index (χ4v) is 4.39. The van der Waals surface area contributed by atoms with E-state index in [0.717, 1.165) is 12.0 Å². The van der Waals surface area contributed by atoms with Crippen molar-refractivity contribution in [2.45, 2.75) is 22.6 Å². The van der Waals surface area contributed by atoms with Gasteiger partial charge >= 0.3 is 0 Å². The Labute approximate surface area is 127 Å². The van der Waals surface area contributed by atoms with Crippen molar-refractivity contribution < 1.29 is 4.39 Å². The van der Waals surface area contributed by atoms with Gasteiger partial charge in [0.1, 0.15) is 5.82 Å². The van der Waals surface area contributed by atoms with Gasteiger partial charge in [-0.05, 0) is 48.9 Å². The molecule has 1 aliphatic heterocycles. The summed E-state index contributed by atoms with van der Waals surface area (Å²) in [6.07, 6.45) is 0.971. The lowest BCUT2D eigenvalue weighted by Gasteiger charge is -2.23. The lowest BCUT2D eigenvalue weighted by molar-refractivity contribution is 0.559. The van der Waals surface area contributed by atoms with Crippen LogP contribution in [-0.4, -0.2) is 12.3 Å². The average molecular weight is 308 g/mol. The molecule has 1 N–H and O–H groups in total. The first-order valence-corrected chi connectivity index (χ1v) is 7.81. The fraction of sp³-hybridized carbons (Fsp3) is 0.250. The van der Waals surface area contributed by atoms with Crippen LogP contribution in [0, 0.1) is 5.82 Å². The summed E-state index contributed by atoms with van der Waals surface area (Å²) in [7, 11) is 1.90. The number of halogens is 2. The summed E-state index contributed by atoms with van der Waals surface area (Å²) in [5, 5.41) is 4.23. The van der Waals surface area contributed by atoms with Gasteiger partial charge < -0.3 is 5.32 Å². The first kappa shape index (κ1) is 13.9. The van der Waals surface area contributed by atoms with Crippen LogP contribution in [0.1, 0.15) is 17.2 Å². The van der Waals surface area contributed by atoms with Crippen molar-refractivity contribution in [3.63, 3.8) is 0 Å². The van der Waals surface area contributed by atoms with Crippen molar-refractivity contribution in [1.82, 2.24) is 5.32 Å². The van der Waals surface area contributed by atoms with Crippen LogP contribution in [0.15, 0.2) is 47.4 Å². The highest BCUT2D eigenvalue weighted by Crippen LogP contribution is 2.43. The van der Waals surface area contributed by atoms with Gasteiger partial charge in [-0.15, -0.1) is 11.8 Å². The number of rotatable bonds is 3. The highest BCUT2D eigenvalue weighted by atomic mass is 35.5. The zero-order valence-electron chi connectivity index (χ0n) is 11.1. The van der Waals surface area contributed by atoms with Gasteiger partial charge in [-0.25, -0.2) is 4.39 Å². The molecule has 0 fully saturated rings. The molecule has 0 saturated heterocycles. The van der Waals surface area contributed by atoms with Crippen molar-refractivity contribution >= 4 is 23.4 Å². The summed E-state index contributed by atoms with van der Waals surface area (Å²) in [6.45, 7) is 0. The van der Waals surface area contributed by atoms with Crippen molar-refractivity contribution in [3.8, 4) is 0 Å². The van der Waals surface area contributed by atoms with Gasteiger partial charge in [0.05, 0.1) is 0 Å². The summed E-state index contributed by atoms with van der Waals surface area (Å²) in [5.41, 5.74) is 2.19. The number of hydrogen-bond donors (Lipinski definition) is 1. The van der Waals surface area contributed by atoms with Crippen molar-refractivity contribution in [2.75, 3.05) is 7.05 Å². The highest BCUT2D eigenvalue weighted by Gasteiger charge is 2.30. The van der Waals surface area contributed by atoms with Crippen LogP contribution >= 0.6 is 23.4 Å². The molecule has 0 aliphatic carbocycles. The molecular weight excluding hydrogens is 293 g/mol. The molecule has 20 heavy (non-hydrogen) atoms. The van der Waals surface area contributed by atoms with Crippen LogP contribution < -0.4 is 5.32 Å². The molecule has 4 heteroatoms. The first-order valence-electron chi connectivity index (χ1n) is 6.56. The van der Waals surface area contributed by atoms with Gasteiger partial charge in [0, 0.05) is 21.2 Å². The number of fused-ring (bicyclic) bond motifs is 1. The molecule has 0 bridgehead atoms. The van der Waals surface area contributed by atoms with Crippen molar-refractivity contribution in [3.05, 3.63) is 64.4 Å². The van der Waals surface area contributed by atoms with E-state index in [1.807, 2.05) is 18.8 Å². The van der Waals surface area contributed by atoms with Gasteiger partial charge in [0.15, 0.2) is 0 Å². The smallest absolute Gasteiger partial charge is 0.123 e. The van der Waals surface area contributed by atoms with E-state index in [-0.39, 0.29) is 11.9 Å². The van der Waals surface area contributed by atoms with Crippen LogP contribution in [0.5, 0.6) is 0 Å². The molecule has 2 aromatic rings. The standard InChI is InChI=1S/C16H15ClFNS/c1-19-16(12-9-11(18)6-7-13(12)17)15-8-10-4-2-3-5-14(10)20-15/h2-7,9,15-16,19H,8H2,1H3. The molecule has 0 saturated carbocycles. The average Bonchev–Trinajstić information content (AvgIpc) is 2.87. The van der Waals surface area contributed by atoms with E-state index in [9.17, 15) is 4.39 Å². The number of hydrogen-bond acceptors (Lipinski definition) is 2. The topological polar surface area (TPSA) is 12.0 Å². The summed E-state index contributed by atoms with van der Waals surface area (Å²) >= 11 is 8.08. The molecule has 104 valence electrons. The van der Waals surface area contributed by atoms with E-state index in [1.54, 1.807) is 6.07 Å². The lowest BCUT2D eigenvalue weighted by atomic mass is 9.98. The van der Waals surface area contributed by atoms with E-state index in [1.165, 1.54) is 22.6 Å². The molecular formula is C16H15ClFNS. The predicted molar refractivity (Wildman–Crippen MR) is 83.0 cm³/mol. The van der Waals surface area contributed by atoms with E-state index in [2.05, 4.69) is 29.6 Å². The molecule has 2 aromatic carbocycles. The zero-order chi connectivity index (χ0) is 14.1. The maximum Gasteiger partial charge on any atom is 0.123 e. The molecule has 0 spiro atoms. The Morgan fingerprint density at radius 1 is 1.30 bits per heavy atom. The van der Waals surface area contributed by atoms with E-state index in [0.29, 0.717) is 10.3 Å². The number of thioether (sulfide) groups is 1. The van der Waals surface area contributed by atoms with Crippen LogP contribution in [0.3, 0.4) is 0 Å². The third kappa shape index (κ3) is 2.58. The molecule has 3 rings (SSSR count). The Kier molecular flexibility index (Phi) is 4.01. The second-order valence-corrected chi connectivity index (χ2v) is 6.59. The summed E-state index contributed by atoms with van der Waals surface area (Å²) in [6, 6.07) is 13.0. The second kappa shape index (κ2) is 5.76. The lowest BCUT2D eigenvalue weighted by Crippen LogP contribution is -2.27. The second-order valence-electron chi connectivity index (χ2n) is 4.90. The zero-order valence-corrected chi connectivity index (χ0v) is 12.6. The predicted octanol–water partition coefficient (Wildman–Crippen LogP) is 4.46. The Morgan fingerprint density at radius 2 is 2.10 bits per heavy atom. The molecule has 1 nitrogen and oxygen atoms in total. The Bertz CT molecular complexity index is 607. The molecule has 0 amide bonds. The maximum atomic E-state index is 13.5. The van der Waals surface area contributed by atoms with Gasteiger partial charge in [0.2, 0.25) is 0 Å². The van der Waals surface area contributed by atoms with Crippen LogP contribution in [0.4, 0.5) is 4.39 Å². The fourth-order valence-electron chi connectivity index (χ4n) is 2.69. The van der Waals surface area contributed by atoms with Crippen LogP contribution in [0.2, 0.25) is 5.02 Å². The normalized spacial score (nSPS) is 18.9. The quantitative estimate of drug-likeness (QED) is 0.898. The minimum atomic E-state index is -0.245. The molecule has 1 heterocycles. The Balaban J connectivity index is 1.91. The molecule has 2 atom stereocenters. The third-order valence-corrected chi connectivity index (χ3v) is 5.39.